The molecule has 2 aromatic heterocycles. The first-order chi connectivity index (χ1) is 9.72. The zero-order valence-corrected chi connectivity index (χ0v) is 12.5. The van der Waals surface area contributed by atoms with Crippen LogP contribution in [0.3, 0.4) is 0 Å². The predicted octanol–water partition coefficient (Wildman–Crippen LogP) is 2.08. The minimum atomic E-state index is 0.0533. The Morgan fingerprint density at radius 3 is 2.75 bits per heavy atom. The van der Waals surface area contributed by atoms with Crippen LogP contribution in [0.5, 0.6) is 0 Å². The number of rotatable bonds is 3. The maximum atomic E-state index is 12.2. The summed E-state index contributed by atoms with van der Waals surface area (Å²) in [4.78, 5) is 17.7. The third-order valence-corrected chi connectivity index (χ3v) is 4.63. The summed E-state index contributed by atoms with van der Waals surface area (Å²) in [6.07, 6.45) is 3.21. The van der Waals surface area contributed by atoms with Crippen LogP contribution in [0.15, 0.2) is 24.5 Å². The van der Waals surface area contributed by atoms with Gasteiger partial charge in [0.2, 0.25) is 0 Å². The molecule has 2 aromatic rings. The molecule has 0 atom stereocenters. The molecular weight excluding hydrogens is 296 g/mol. The first-order valence-corrected chi connectivity index (χ1v) is 7.66. The van der Waals surface area contributed by atoms with Crippen LogP contribution in [0.25, 0.3) is 0 Å². The van der Waals surface area contributed by atoms with Gasteiger partial charge in [0.1, 0.15) is 0 Å². The first kappa shape index (κ1) is 13.6. The summed E-state index contributed by atoms with van der Waals surface area (Å²) < 4.78 is 0.828. The number of H-pyrrole nitrogens is 1. The van der Waals surface area contributed by atoms with E-state index in [0.29, 0.717) is 5.56 Å². The van der Waals surface area contributed by atoms with E-state index in [1.165, 1.54) is 4.88 Å². The van der Waals surface area contributed by atoms with Gasteiger partial charge in [-0.05, 0) is 12.1 Å². The van der Waals surface area contributed by atoms with Crippen molar-refractivity contribution in [1.82, 2.24) is 20.0 Å². The summed E-state index contributed by atoms with van der Waals surface area (Å²) in [5.74, 6) is 0.0533. The van der Waals surface area contributed by atoms with Crippen molar-refractivity contribution in [2.75, 3.05) is 26.2 Å². The number of hydrogen-bond donors (Lipinski definition) is 1. The standard InChI is InChI=1S/C13H15ClN4OS/c14-12-2-1-11(20-12)9-17-3-5-18(6-4-17)13(19)10-7-15-16-8-10/h1-2,7-8H,3-6,9H2,(H,15,16). The zero-order chi connectivity index (χ0) is 13.9. The molecule has 20 heavy (non-hydrogen) atoms. The molecule has 0 radical (unpaired) electrons. The molecule has 0 aromatic carbocycles. The molecule has 1 fully saturated rings. The molecule has 0 aliphatic carbocycles. The van der Waals surface area contributed by atoms with Gasteiger partial charge in [-0.3, -0.25) is 14.8 Å². The number of aromatic amines is 1. The number of carbonyl (C=O) groups is 1. The van der Waals surface area contributed by atoms with E-state index >= 15 is 0 Å². The maximum Gasteiger partial charge on any atom is 0.257 e. The number of carbonyl (C=O) groups excluding carboxylic acids is 1. The molecule has 0 spiro atoms. The van der Waals surface area contributed by atoms with Gasteiger partial charge < -0.3 is 4.90 Å². The molecule has 1 amide bonds. The van der Waals surface area contributed by atoms with E-state index in [1.54, 1.807) is 23.7 Å². The highest BCUT2D eigenvalue weighted by atomic mass is 35.5. The number of piperazine rings is 1. The Morgan fingerprint density at radius 1 is 1.35 bits per heavy atom. The lowest BCUT2D eigenvalue weighted by Gasteiger charge is -2.34. The van der Waals surface area contributed by atoms with E-state index in [1.807, 2.05) is 11.0 Å². The van der Waals surface area contributed by atoms with E-state index in [0.717, 1.165) is 37.1 Å². The molecule has 1 N–H and O–H groups in total. The van der Waals surface area contributed by atoms with Crippen molar-refractivity contribution in [3.63, 3.8) is 0 Å². The molecule has 0 unspecified atom stereocenters. The first-order valence-electron chi connectivity index (χ1n) is 6.47. The molecule has 0 bridgehead atoms. The minimum absolute atomic E-state index is 0.0533. The predicted molar refractivity (Wildman–Crippen MR) is 79.1 cm³/mol. The lowest BCUT2D eigenvalue weighted by Crippen LogP contribution is -2.48. The Bertz CT molecular complexity index is 575. The van der Waals surface area contributed by atoms with Gasteiger partial charge in [0.15, 0.2) is 0 Å². The minimum Gasteiger partial charge on any atom is -0.336 e. The van der Waals surface area contributed by atoms with Crippen LogP contribution in [0.2, 0.25) is 4.34 Å². The van der Waals surface area contributed by atoms with E-state index in [4.69, 9.17) is 11.6 Å². The van der Waals surface area contributed by atoms with Gasteiger partial charge in [-0.15, -0.1) is 11.3 Å². The summed E-state index contributed by atoms with van der Waals surface area (Å²) in [6.45, 7) is 4.19. The van der Waals surface area contributed by atoms with Crippen molar-refractivity contribution < 1.29 is 4.79 Å². The van der Waals surface area contributed by atoms with Crippen molar-refractivity contribution in [1.29, 1.82) is 0 Å². The van der Waals surface area contributed by atoms with Crippen LogP contribution >= 0.6 is 22.9 Å². The quantitative estimate of drug-likeness (QED) is 0.944. The van der Waals surface area contributed by atoms with E-state index < -0.39 is 0 Å². The number of nitrogens with one attached hydrogen (secondary N) is 1. The van der Waals surface area contributed by atoms with Gasteiger partial charge in [0.25, 0.3) is 5.91 Å². The van der Waals surface area contributed by atoms with Crippen LogP contribution in [-0.2, 0) is 6.54 Å². The Balaban J connectivity index is 1.53. The van der Waals surface area contributed by atoms with Gasteiger partial charge in [-0.25, -0.2) is 0 Å². The molecule has 7 heteroatoms. The van der Waals surface area contributed by atoms with Gasteiger partial charge in [-0.1, -0.05) is 11.6 Å². The molecule has 0 saturated carbocycles. The van der Waals surface area contributed by atoms with Crippen LogP contribution in [0.4, 0.5) is 0 Å². The van der Waals surface area contributed by atoms with Crippen molar-refractivity contribution in [3.05, 3.63) is 39.3 Å². The number of amides is 1. The number of nitrogens with zero attached hydrogens (tertiary/aromatic N) is 3. The maximum absolute atomic E-state index is 12.2. The third kappa shape index (κ3) is 3.03. The Kier molecular flexibility index (Phi) is 4.05. The van der Waals surface area contributed by atoms with Crippen molar-refractivity contribution in [2.45, 2.75) is 6.54 Å². The normalized spacial score (nSPS) is 16.6. The summed E-state index contributed by atoms with van der Waals surface area (Å²) in [5, 5.41) is 6.49. The van der Waals surface area contributed by atoms with Crippen molar-refractivity contribution in [2.24, 2.45) is 0 Å². The molecule has 3 heterocycles. The van der Waals surface area contributed by atoms with Crippen molar-refractivity contribution in [3.8, 4) is 0 Å². The zero-order valence-electron chi connectivity index (χ0n) is 10.9. The Labute approximate surface area is 126 Å². The summed E-state index contributed by atoms with van der Waals surface area (Å²) >= 11 is 7.56. The number of aromatic nitrogens is 2. The van der Waals surface area contributed by atoms with Crippen LogP contribution in [-0.4, -0.2) is 52.1 Å². The second-order valence-corrected chi connectivity index (χ2v) is 6.56. The lowest BCUT2D eigenvalue weighted by atomic mass is 10.2. The third-order valence-electron chi connectivity index (χ3n) is 3.41. The lowest BCUT2D eigenvalue weighted by molar-refractivity contribution is 0.0629. The van der Waals surface area contributed by atoms with Gasteiger partial charge in [0, 0.05) is 43.8 Å². The van der Waals surface area contributed by atoms with Gasteiger partial charge >= 0.3 is 0 Å². The topological polar surface area (TPSA) is 52.2 Å². The molecule has 1 aliphatic heterocycles. The SMILES string of the molecule is O=C(c1cn[nH]c1)N1CCN(Cc2ccc(Cl)s2)CC1. The summed E-state index contributed by atoms with van der Waals surface area (Å²) in [6, 6.07) is 4.00. The van der Waals surface area contributed by atoms with E-state index in [2.05, 4.69) is 21.2 Å². The van der Waals surface area contributed by atoms with Crippen LogP contribution in [0, 0.1) is 0 Å². The highest BCUT2D eigenvalue weighted by molar-refractivity contribution is 7.16. The van der Waals surface area contributed by atoms with Gasteiger partial charge in [0.05, 0.1) is 16.1 Å². The monoisotopic (exact) mass is 310 g/mol. The fourth-order valence-corrected chi connectivity index (χ4v) is 3.45. The van der Waals surface area contributed by atoms with Crippen LogP contribution in [0.1, 0.15) is 15.2 Å². The van der Waals surface area contributed by atoms with E-state index in [9.17, 15) is 4.79 Å². The molecule has 106 valence electrons. The smallest absolute Gasteiger partial charge is 0.257 e. The van der Waals surface area contributed by atoms with Crippen LogP contribution < -0.4 is 0 Å². The van der Waals surface area contributed by atoms with E-state index in [-0.39, 0.29) is 5.91 Å². The number of halogens is 1. The Hall–Kier alpha value is -1.37. The molecule has 3 rings (SSSR count). The number of thiophene rings is 1. The molecular formula is C13H15ClN4OS. The second-order valence-electron chi connectivity index (χ2n) is 4.76. The molecule has 1 saturated heterocycles. The largest absolute Gasteiger partial charge is 0.336 e. The number of hydrogen-bond acceptors (Lipinski definition) is 4. The second kappa shape index (κ2) is 5.95. The fourth-order valence-electron chi connectivity index (χ4n) is 2.32. The highest BCUT2D eigenvalue weighted by Gasteiger charge is 2.22. The summed E-state index contributed by atoms with van der Waals surface area (Å²) in [5.41, 5.74) is 0.628. The summed E-state index contributed by atoms with van der Waals surface area (Å²) in [7, 11) is 0. The highest BCUT2D eigenvalue weighted by Crippen LogP contribution is 2.23. The molecule has 5 nitrogen and oxygen atoms in total. The fraction of sp³-hybridized carbons (Fsp3) is 0.385. The average molecular weight is 311 g/mol. The average Bonchev–Trinajstić information content (AvgIpc) is 3.11. The van der Waals surface area contributed by atoms with Crippen molar-refractivity contribution >= 4 is 28.8 Å². The Morgan fingerprint density at radius 2 is 2.15 bits per heavy atom. The molecule has 1 aliphatic rings. The van der Waals surface area contributed by atoms with Gasteiger partial charge in [-0.2, -0.15) is 5.10 Å².